The Balaban J connectivity index is 1.86. The first-order valence-corrected chi connectivity index (χ1v) is 6.87. The highest BCUT2D eigenvalue weighted by atomic mass is 19.2. The molecule has 0 bridgehead atoms. The van der Waals surface area contributed by atoms with Gasteiger partial charge >= 0.3 is 0 Å². The van der Waals surface area contributed by atoms with Crippen molar-refractivity contribution >= 4 is 0 Å². The smallest absolute Gasteiger partial charge is 0.194 e. The highest BCUT2D eigenvalue weighted by Crippen LogP contribution is 2.31. The quantitative estimate of drug-likeness (QED) is 0.722. The second kappa shape index (κ2) is 6.31. The van der Waals surface area contributed by atoms with Crippen molar-refractivity contribution in [1.29, 1.82) is 0 Å². The van der Waals surface area contributed by atoms with Crippen molar-refractivity contribution in [3.05, 3.63) is 29.6 Å². The molecule has 0 atom stereocenters. The van der Waals surface area contributed by atoms with E-state index in [1.807, 2.05) is 0 Å². The Morgan fingerprint density at radius 2 is 1.53 bits per heavy atom. The van der Waals surface area contributed by atoms with Gasteiger partial charge in [0.1, 0.15) is 5.75 Å². The fourth-order valence-corrected chi connectivity index (χ4v) is 2.64. The van der Waals surface area contributed by atoms with Crippen LogP contribution < -0.4 is 4.74 Å². The largest absolute Gasteiger partial charge is 0.493 e. The van der Waals surface area contributed by atoms with E-state index in [9.17, 15) is 13.2 Å². The van der Waals surface area contributed by atoms with E-state index in [2.05, 4.69) is 6.92 Å². The van der Waals surface area contributed by atoms with Crippen molar-refractivity contribution in [3.63, 3.8) is 0 Å². The van der Waals surface area contributed by atoms with Gasteiger partial charge in [-0.15, -0.1) is 0 Å². The fourth-order valence-electron chi connectivity index (χ4n) is 2.64. The lowest BCUT2D eigenvalue weighted by Crippen LogP contribution is -2.19. The van der Waals surface area contributed by atoms with Crippen LogP contribution in [-0.2, 0) is 0 Å². The monoisotopic (exact) mass is 272 g/mol. The Kier molecular flexibility index (Phi) is 4.72. The third-order valence-corrected chi connectivity index (χ3v) is 3.99. The van der Waals surface area contributed by atoms with Crippen molar-refractivity contribution in [2.24, 2.45) is 11.8 Å². The topological polar surface area (TPSA) is 9.23 Å². The highest BCUT2D eigenvalue weighted by molar-refractivity contribution is 5.25. The van der Waals surface area contributed by atoms with E-state index in [0.29, 0.717) is 12.5 Å². The molecule has 1 aliphatic rings. The average Bonchev–Trinajstić information content (AvgIpc) is 2.43. The molecule has 1 aromatic carbocycles. The molecule has 0 radical (unpaired) electrons. The van der Waals surface area contributed by atoms with Crippen LogP contribution in [0, 0.1) is 29.3 Å². The first-order valence-electron chi connectivity index (χ1n) is 6.87. The summed E-state index contributed by atoms with van der Waals surface area (Å²) in [6, 6.07) is 1.80. The van der Waals surface area contributed by atoms with Crippen molar-refractivity contribution < 1.29 is 17.9 Å². The minimum atomic E-state index is -1.45. The highest BCUT2D eigenvalue weighted by Gasteiger charge is 2.20. The molecule has 4 heteroatoms. The summed E-state index contributed by atoms with van der Waals surface area (Å²) in [6.45, 7) is 2.65. The molecule has 1 fully saturated rings. The predicted octanol–water partition coefficient (Wildman–Crippen LogP) is 4.70. The van der Waals surface area contributed by atoms with Gasteiger partial charge in [-0.2, -0.15) is 0 Å². The maximum absolute atomic E-state index is 13.0. The van der Waals surface area contributed by atoms with Gasteiger partial charge in [-0.25, -0.2) is 13.2 Å². The van der Waals surface area contributed by atoms with Gasteiger partial charge in [0.05, 0.1) is 6.61 Å². The molecule has 1 aromatic rings. The summed E-state index contributed by atoms with van der Waals surface area (Å²) in [6.07, 6.45) is 5.77. The van der Waals surface area contributed by atoms with Gasteiger partial charge < -0.3 is 4.74 Å². The van der Waals surface area contributed by atoms with E-state index in [1.165, 1.54) is 19.3 Å². The maximum atomic E-state index is 13.0. The zero-order chi connectivity index (χ0) is 13.8. The third-order valence-electron chi connectivity index (χ3n) is 3.99. The summed E-state index contributed by atoms with van der Waals surface area (Å²) >= 11 is 0. The summed E-state index contributed by atoms with van der Waals surface area (Å²) in [5, 5.41) is 0. The molecule has 1 nitrogen and oxygen atoms in total. The molecule has 0 heterocycles. The lowest BCUT2D eigenvalue weighted by molar-refractivity contribution is 0.180. The van der Waals surface area contributed by atoms with Gasteiger partial charge in [-0.3, -0.25) is 0 Å². The van der Waals surface area contributed by atoms with Crippen LogP contribution in [0.3, 0.4) is 0 Å². The van der Waals surface area contributed by atoms with E-state index in [0.717, 1.165) is 30.9 Å². The van der Waals surface area contributed by atoms with Crippen LogP contribution in [0.1, 0.15) is 39.0 Å². The average molecular weight is 272 g/mol. The minimum Gasteiger partial charge on any atom is -0.493 e. The molecule has 0 N–H and O–H groups in total. The zero-order valence-electron chi connectivity index (χ0n) is 11.1. The van der Waals surface area contributed by atoms with Crippen LogP contribution in [0.25, 0.3) is 0 Å². The maximum Gasteiger partial charge on any atom is 0.194 e. The normalized spacial score (nSPS) is 23.4. The van der Waals surface area contributed by atoms with Crippen LogP contribution in [-0.4, -0.2) is 6.61 Å². The van der Waals surface area contributed by atoms with Crippen LogP contribution in [0.15, 0.2) is 12.1 Å². The van der Waals surface area contributed by atoms with Gasteiger partial charge in [-0.1, -0.05) is 26.2 Å². The van der Waals surface area contributed by atoms with E-state index in [4.69, 9.17) is 4.74 Å². The van der Waals surface area contributed by atoms with Crippen LogP contribution in [0.4, 0.5) is 13.2 Å². The second-order valence-electron chi connectivity index (χ2n) is 5.31. The standard InChI is InChI=1S/C15H19F3O/c1-2-10-3-5-11(6-4-10)9-19-12-7-13(16)15(18)14(17)8-12/h7-8,10-11H,2-6,9H2,1H3. The molecule has 106 valence electrons. The van der Waals surface area contributed by atoms with Crippen LogP contribution in [0.5, 0.6) is 5.75 Å². The van der Waals surface area contributed by atoms with Gasteiger partial charge in [0, 0.05) is 12.1 Å². The number of hydrogen-bond donors (Lipinski definition) is 0. The van der Waals surface area contributed by atoms with Crippen molar-refractivity contribution in [2.45, 2.75) is 39.0 Å². The SMILES string of the molecule is CCC1CCC(COc2cc(F)c(F)c(F)c2)CC1. The molecule has 0 saturated heterocycles. The first kappa shape index (κ1) is 14.2. The molecular weight excluding hydrogens is 253 g/mol. The van der Waals surface area contributed by atoms with Crippen LogP contribution in [0.2, 0.25) is 0 Å². The molecule has 0 aromatic heterocycles. The zero-order valence-corrected chi connectivity index (χ0v) is 11.1. The van der Waals surface area contributed by atoms with Crippen molar-refractivity contribution in [3.8, 4) is 5.75 Å². The molecule has 0 amide bonds. The van der Waals surface area contributed by atoms with Gasteiger partial charge in [0.25, 0.3) is 0 Å². The Morgan fingerprint density at radius 3 is 2.05 bits per heavy atom. The Hall–Kier alpha value is -1.19. The Morgan fingerprint density at radius 1 is 1.00 bits per heavy atom. The lowest BCUT2D eigenvalue weighted by atomic mass is 9.81. The molecule has 19 heavy (non-hydrogen) atoms. The molecule has 0 unspecified atom stereocenters. The second-order valence-corrected chi connectivity index (χ2v) is 5.31. The number of halogens is 3. The molecule has 1 aliphatic carbocycles. The van der Waals surface area contributed by atoms with E-state index in [1.54, 1.807) is 0 Å². The van der Waals surface area contributed by atoms with E-state index >= 15 is 0 Å². The summed E-state index contributed by atoms with van der Waals surface area (Å²) in [5.41, 5.74) is 0. The van der Waals surface area contributed by atoms with Crippen molar-refractivity contribution in [1.82, 2.24) is 0 Å². The van der Waals surface area contributed by atoms with Gasteiger partial charge in [-0.05, 0) is 24.7 Å². The molecule has 0 aliphatic heterocycles. The first-order chi connectivity index (χ1) is 9.10. The number of rotatable bonds is 4. The van der Waals surface area contributed by atoms with Gasteiger partial charge in [0.2, 0.25) is 0 Å². The Bertz CT molecular complexity index is 402. The summed E-state index contributed by atoms with van der Waals surface area (Å²) in [7, 11) is 0. The van der Waals surface area contributed by atoms with Gasteiger partial charge in [0.15, 0.2) is 17.5 Å². The molecular formula is C15H19F3O. The predicted molar refractivity (Wildman–Crippen MR) is 67.6 cm³/mol. The summed E-state index contributed by atoms with van der Waals surface area (Å²) in [4.78, 5) is 0. The molecule has 2 rings (SSSR count). The van der Waals surface area contributed by atoms with E-state index in [-0.39, 0.29) is 5.75 Å². The molecule has 1 saturated carbocycles. The fraction of sp³-hybridized carbons (Fsp3) is 0.600. The van der Waals surface area contributed by atoms with Crippen molar-refractivity contribution in [2.75, 3.05) is 6.61 Å². The summed E-state index contributed by atoms with van der Waals surface area (Å²) in [5.74, 6) is -2.56. The molecule has 0 spiro atoms. The third kappa shape index (κ3) is 3.64. The minimum absolute atomic E-state index is 0.0639. The Labute approximate surface area is 111 Å². The number of hydrogen-bond acceptors (Lipinski definition) is 1. The summed E-state index contributed by atoms with van der Waals surface area (Å²) < 4.78 is 44.2. The lowest BCUT2D eigenvalue weighted by Gasteiger charge is -2.27. The number of ether oxygens (including phenoxy) is 1. The number of benzene rings is 1. The van der Waals surface area contributed by atoms with E-state index < -0.39 is 17.5 Å². The van der Waals surface area contributed by atoms with Crippen LogP contribution >= 0.6 is 0 Å².